The molecule has 0 spiro atoms. The number of aromatic nitrogens is 4. The second kappa shape index (κ2) is 7.65. The number of halogens is 3. The minimum atomic E-state index is -0.375. The molecule has 0 atom stereocenters. The van der Waals surface area contributed by atoms with Crippen LogP contribution in [0, 0.1) is 0 Å². The maximum Gasteiger partial charge on any atom is 0.256 e. The van der Waals surface area contributed by atoms with E-state index in [4.69, 9.17) is 23.2 Å². The Hall–Kier alpha value is -2.64. The van der Waals surface area contributed by atoms with Crippen LogP contribution in [0.3, 0.4) is 0 Å². The van der Waals surface area contributed by atoms with Crippen LogP contribution in [0.25, 0.3) is 16.6 Å². The topological polar surface area (TPSA) is 86.5 Å². The molecule has 29 heavy (non-hydrogen) atoms. The van der Waals surface area contributed by atoms with Crippen molar-refractivity contribution in [2.24, 2.45) is 0 Å². The van der Waals surface area contributed by atoms with Crippen molar-refractivity contribution >= 4 is 51.3 Å². The van der Waals surface area contributed by atoms with Crippen LogP contribution in [0.1, 0.15) is 43.9 Å². The second-order valence-electron chi connectivity index (χ2n) is 7.11. The van der Waals surface area contributed by atoms with Gasteiger partial charge >= 0.3 is 0 Å². The Labute approximate surface area is 175 Å². The van der Waals surface area contributed by atoms with Crippen LogP contribution in [-0.4, -0.2) is 19.9 Å². The highest BCUT2D eigenvalue weighted by atomic mass is 35.5. The van der Waals surface area contributed by atoms with Gasteiger partial charge in [0.25, 0.3) is 5.56 Å². The van der Waals surface area contributed by atoms with E-state index in [1.165, 1.54) is 12.4 Å². The average molecular weight is 434 g/mol. The van der Waals surface area contributed by atoms with E-state index < -0.39 is 0 Å². The third-order valence-corrected chi connectivity index (χ3v) is 5.39. The molecule has 0 radical (unpaired) electrons. The van der Waals surface area contributed by atoms with E-state index in [9.17, 15) is 9.18 Å². The molecular weight excluding hydrogens is 416 g/mol. The number of rotatable bonds is 4. The molecule has 0 bridgehead atoms. The van der Waals surface area contributed by atoms with Gasteiger partial charge in [0.2, 0.25) is 0 Å². The summed E-state index contributed by atoms with van der Waals surface area (Å²) in [7, 11) is 0. The summed E-state index contributed by atoms with van der Waals surface area (Å²) in [4.78, 5) is 27.0. The van der Waals surface area contributed by atoms with E-state index in [1.54, 1.807) is 12.3 Å². The summed E-state index contributed by atoms with van der Waals surface area (Å²) in [6.07, 6.45) is 5.14. The van der Waals surface area contributed by atoms with Gasteiger partial charge in [-0.25, -0.2) is 14.4 Å². The highest BCUT2D eigenvalue weighted by Crippen LogP contribution is 2.35. The highest BCUT2D eigenvalue weighted by molar-refractivity contribution is 6.36. The zero-order valence-electron chi connectivity index (χ0n) is 15.7. The number of fused-ring (bicyclic) bond motifs is 1. The van der Waals surface area contributed by atoms with E-state index in [-0.39, 0.29) is 34.9 Å². The Morgan fingerprint density at radius 2 is 2.03 bits per heavy atom. The number of anilines is 2. The van der Waals surface area contributed by atoms with Gasteiger partial charge in [-0.15, -0.1) is 0 Å². The fraction of sp³-hybridized carbons (Fsp3) is 0.250. The summed E-state index contributed by atoms with van der Waals surface area (Å²) in [5, 5.41) is 4.84. The lowest BCUT2D eigenvalue weighted by molar-refractivity contribution is 0.590. The molecule has 0 saturated carbocycles. The lowest BCUT2D eigenvalue weighted by Crippen LogP contribution is -2.17. The Morgan fingerprint density at radius 3 is 2.79 bits per heavy atom. The molecule has 0 saturated heterocycles. The molecule has 1 aliphatic carbocycles. The number of pyridine rings is 1. The third kappa shape index (κ3) is 3.68. The van der Waals surface area contributed by atoms with Gasteiger partial charge in [0.1, 0.15) is 23.6 Å². The Balaban J connectivity index is 1.88. The monoisotopic (exact) mass is 433 g/mol. The summed E-state index contributed by atoms with van der Waals surface area (Å²) in [6, 6.07) is 1.63. The molecule has 1 aliphatic rings. The third-order valence-electron chi connectivity index (χ3n) is 4.79. The Kier molecular flexibility index (Phi) is 5.19. The largest absolute Gasteiger partial charge is 0.344 e. The van der Waals surface area contributed by atoms with E-state index in [0.717, 1.165) is 0 Å². The summed E-state index contributed by atoms with van der Waals surface area (Å²) in [5.74, 6) is 0.122. The molecule has 3 heterocycles. The fourth-order valence-corrected chi connectivity index (χ4v) is 3.78. The molecule has 0 aromatic carbocycles. The molecule has 0 unspecified atom stereocenters. The van der Waals surface area contributed by atoms with Gasteiger partial charge in [-0.05, 0) is 24.5 Å². The van der Waals surface area contributed by atoms with E-state index >= 15 is 0 Å². The molecule has 9 heteroatoms. The predicted molar refractivity (Wildman–Crippen MR) is 115 cm³/mol. The Bertz CT molecular complexity index is 1230. The van der Waals surface area contributed by atoms with Gasteiger partial charge in [0.05, 0.1) is 21.7 Å². The lowest BCUT2D eigenvalue weighted by atomic mass is 9.97. The molecule has 0 amide bonds. The quantitative estimate of drug-likeness (QED) is 0.487. The second-order valence-corrected chi connectivity index (χ2v) is 8.00. The van der Waals surface area contributed by atoms with Crippen LogP contribution < -0.4 is 10.9 Å². The van der Waals surface area contributed by atoms with Gasteiger partial charge < -0.3 is 15.3 Å². The summed E-state index contributed by atoms with van der Waals surface area (Å²) in [5.41, 5.74) is 1.89. The standard InChI is InChI=1S/C20H18Cl2FN5O/c1-9(2)17-15(27-19-16-13(22)7-24-18(16)25-8-26-19)6-12(20(29)28-17)11-5-10(21)3-4-14(11)23/h5-9H,3-4H2,1-2H3,(H,28,29)(H2,24,25,26,27). The van der Waals surface area contributed by atoms with E-state index in [0.29, 0.717) is 44.7 Å². The summed E-state index contributed by atoms with van der Waals surface area (Å²) in [6.45, 7) is 3.90. The van der Waals surface area contributed by atoms with Gasteiger partial charge in [0, 0.05) is 28.9 Å². The van der Waals surface area contributed by atoms with Crippen LogP contribution in [-0.2, 0) is 0 Å². The van der Waals surface area contributed by atoms with Gasteiger partial charge in [-0.1, -0.05) is 37.0 Å². The van der Waals surface area contributed by atoms with Crippen molar-refractivity contribution in [1.82, 2.24) is 19.9 Å². The summed E-state index contributed by atoms with van der Waals surface area (Å²) < 4.78 is 14.5. The molecule has 6 nitrogen and oxygen atoms in total. The maximum absolute atomic E-state index is 14.5. The van der Waals surface area contributed by atoms with Crippen molar-refractivity contribution in [1.29, 1.82) is 0 Å². The first-order chi connectivity index (χ1) is 13.8. The van der Waals surface area contributed by atoms with Crippen molar-refractivity contribution in [3.63, 3.8) is 0 Å². The zero-order valence-corrected chi connectivity index (χ0v) is 17.2. The minimum absolute atomic E-state index is 0.00240. The van der Waals surface area contributed by atoms with Crippen LogP contribution >= 0.6 is 23.2 Å². The molecular formula is C20H18Cl2FN5O. The first kappa shape index (κ1) is 19.7. The minimum Gasteiger partial charge on any atom is -0.344 e. The van der Waals surface area contributed by atoms with Crippen molar-refractivity contribution in [2.45, 2.75) is 32.6 Å². The predicted octanol–water partition coefficient (Wildman–Crippen LogP) is 5.76. The number of H-pyrrole nitrogens is 2. The normalized spacial score (nSPS) is 14.6. The lowest BCUT2D eigenvalue weighted by Gasteiger charge is -2.18. The van der Waals surface area contributed by atoms with Crippen molar-refractivity contribution in [2.75, 3.05) is 5.32 Å². The smallest absolute Gasteiger partial charge is 0.256 e. The molecule has 4 rings (SSSR count). The van der Waals surface area contributed by atoms with Crippen LogP contribution in [0.2, 0.25) is 5.02 Å². The van der Waals surface area contributed by atoms with Crippen LogP contribution in [0.5, 0.6) is 0 Å². The molecule has 3 aromatic rings. The van der Waals surface area contributed by atoms with Crippen LogP contribution in [0.15, 0.2) is 40.3 Å². The molecule has 3 aromatic heterocycles. The van der Waals surface area contributed by atoms with Crippen LogP contribution in [0.4, 0.5) is 15.9 Å². The zero-order chi connectivity index (χ0) is 20.7. The van der Waals surface area contributed by atoms with Crippen molar-refractivity contribution < 1.29 is 4.39 Å². The number of aromatic amines is 2. The number of allylic oxidation sites excluding steroid dienone is 4. The average Bonchev–Trinajstić information content (AvgIpc) is 3.07. The highest BCUT2D eigenvalue weighted by Gasteiger charge is 2.20. The van der Waals surface area contributed by atoms with E-state index in [2.05, 4.69) is 25.3 Å². The van der Waals surface area contributed by atoms with Gasteiger partial charge in [0.15, 0.2) is 0 Å². The maximum atomic E-state index is 14.5. The number of nitrogens with one attached hydrogen (secondary N) is 3. The number of hydrogen-bond acceptors (Lipinski definition) is 4. The fourth-order valence-electron chi connectivity index (χ4n) is 3.35. The molecule has 0 fully saturated rings. The van der Waals surface area contributed by atoms with Gasteiger partial charge in [-0.2, -0.15) is 0 Å². The Morgan fingerprint density at radius 1 is 1.24 bits per heavy atom. The first-order valence-electron chi connectivity index (χ1n) is 9.12. The number of nitrogens with zero attached hydrogens (tertiary/aromatic N) is 2. The van der Waals surface area contributed by atoms with Crippen molar-refractivity contribution in [3.05, 3.63) is 62.2 Å². The first-order valence-corrected chi connectivity index (χ1v) is 9.87. The van der Waals surface area contributed by atoms with Crippen molar-refractivity contribution in [3.8, 4) is 0 Å². The SMILES string of the molecule is CC(C)c1[nH]c(=O)c(C2=C(F)CCC(Cl)=C2)cc1Nc1ncnc2[nH]cc(Cl)c12. The van der Waals surface area contributed by atoms with E-state index in [1.807, 2.05) is 13.8 Å². The number of hydrogen-bond donors (Lipinski definition) is 3. The molecule has 3 N–H and O–H groups in total. The van der Waals surface area contributed by atoms with Gasteiger partial charge in [-0.3, -0.25) is 4.79 Å². The molecule has 0 aliphatic heterocycles. The summed E-state index contributed by atoms with van der Waals surface area (Å²) >= 11 is 12.4. The molecule has 150 valence electrons.